The number of amides is 2. The lowest BCUT2D eigenvalue weighted by Crippen LogP contribution is -2.49. The van der Waals surface area contributed by atoms with Gasteiger partial charge in [-0.2, -0.15) is 8.78 Å². The molecule has 0 unspecified atom stereocenters. The number of alkyl halides is 2. The summed E-state index contributed by atoms with van der Waals surface area (Å²) in [5.41, 5.74) is -0.131. The van der Waals surface area contributed by atoms with Crippen LogP contribution in [-0.4, -0.2) is 29.9 Å². The number of carbonyl (C=O) groups is 1. The molecule has 116 valence electrons. The molecule has 0 atom stereocenters. The number of hydrogen-bond donors (Lipinski definition) is 3. The predicted octanol–water partition coefficient (Wildman–Crippen LogP) is 2.00. The first-order valence-electron chi connectivity index (χ1n) is 6.75. The van der Waals surface area contributed by atoms with Crippen molar-refractivity contribution >= 4 is 6.03 Å². The molecule has 0 spiro atoms. The minimum atomic E-state index is -2.88. The number of ether oxygens (including phenoxy) is 1. The summed E-state index contributed by atoms with van der Waals surface area (Å²) in [6.45, 7) is -2.47. The molecular weight excluding hydrogens is 282 g/mol. The minimum Gasteiger partial charge on any atom is -0.435 e. The second-order valence-corrected chi connectivity index (χ2v) is 5.14. The molecule has 0 radical (unpaired) electrons. The Kier molecular flexibility index (Phi) is 4.95. The van der Waals surface area contributed by atoms with Gasteiger partial charge >= 0.3 is 12.6 Å². The van der Waals surface area contributed by atoms with E-state index in [4.69, 9.17) is 0 Å². The molecule has 1 fully saturated rings. The summed E-state index contributed by atoms with van der Waals surface area (Å²) in [5.74, 6) is 0.0495. The van der Waals surface area contributed by atoms with Gasteiger partial charge in [0.05, 0.1) is 5.60 Å². The lowest BCUT2D eigenvalue weighted by molar-refractivity contribution is -0.0498. The molecule has 7 heteroatoms. The maximum atomic E-state index is 12.1. The summed E-state index contributed by atoms with van der Waals surface area (Å²) in [7, 11) is 0. The highest BCUT2D eigenvalue weighted by atomic mass is 19.3. The SMILES string of the molecule is O=C(NCc1cccc(OC(F)F)c1)NCC1(O)CCC1. The third kappa shape index (κ3) is 4.86. The van der Waals surface area contributed by atoms with E-state index in [0.29, 0.717) is 18.4 Å². The summed E-state index contributed by atoms with van der Waals surface area (Å²) in [6.07, 6.45) is 2.36. The predicted molar refractivity (Wildman–Crippen MR) is 72.1 cm³/mol. The molecule has 0 aromatic heterocycles. The number of halogens is 2. The van der Waals surface area contributed by atoms with E-state index < -0.39 is 18.2 Å². The van der Waals surface area contributed by atoms with Gasteiger partial charge in [-0.05, 0) is 37.0 Å². The fourth-order valence-corrected chi connectivity index (χ4v) is 2.08. The van der Waals surface area contributed by atoms with Crippen LogP contribution in [0.15, 0.2) is 24.3 Å². The van der Waals surface area contributed by atoms with Crippen molar-refractivity contribution in [1.29, 1.82) is 0 Å². The van der Waals surface area contributed by atoms with E-state index in [9.17, 15) is 18.7 Å². The van der Waals surface area contributed by atoms with Gasteiger partial charge in [0.1, 0.15) is 5.75 Å². The van der Waals surface area contributed by atoms with Crippen LogP contribution in [-0.2, 0) is 6.54 Å². The van der Waals surface area contributed by atoms with Crippen molar-refractivity contribution in [2.75, 3.05) is 6.54 Å². The van der Waals surface area contributed by atoms with E-state index in [1.807, 2.05) is 0 Å². The maximum absolute atomic E-state index is 12.1. The summed E-state index contributed by atoms with van der Waals surface area (Å²) < 4.78 is 28.5. The topological polar surface area (TPSA) is 70.6 Å². The minimum absolute atomic E-state index is 0.0495. The van der Waals surface area contributed by atoms with Crippen molar-refractivity contribution in [3.63, 3.8) is 0 Å². The highest BCUT2D eigenvalue weighted by molar-refractivity contribution is 5.73. The zero-order chi connectivity index (χ0) is 15.3. The lowest BCUT2D eigenvalue weighted by Gasteiger charge is -2.36. The molecule has 1 aliphatic rings. The van der Waals surface area contributed by atoms with Crippen LogP contribution in [0.5, 0.6) is 5.75 Å². The second kappa shape index (κ2) is 6.71. The van der Waals surface area contributed by atoms with Gasteiger partial charge in [-0.15, -0.1) is 0 Å². The average molecular weight is 300 g/mol. The molecule has 2 amide bonds. The van der Waals surface area contributed by atoms with Gasteiger partial charge in [0.15, 0.2) is 0 Å². The zero-order valence-corrected chi connectivity index (χ0v) is 11.4. The normalized spacial score (nSPS) is 16.2. The van der Waals surface area contributed by atoms with Crippen LogP contribution in [0.4, 0.5) is 13.6 Å². The largest absolute Gasteiger partial charge is 0.435 e. The molecule has 1 saturated carbocycles. The summed E-state index contributed by atoms with van der Waals surface area (Å²) >= 11 is 0. The third-order valence-electron chi connectivity index (χ3n) is 3.44. The Labute approximate surface area is 121 Å². The van der Waals surface area contributed by atoms with Crippen molar-refractivity contribution in [1.82, 2.24) is 10.6 Å². The molecule has 21 heavy (non-hydrogen) atoms. The van der Waals surface area contributed by atoms with E-state index in [1.165, 1.54) is 12.1 Å². The van der Waals surface area contributed by atoms with Gasteiger partial charge in [0, 0.05) is 13.1 Å². The van der Waals surface area contributed by atoms with Gasteiger partial charge < -0.3 is 20.5 Å². The van der Waals surface area contributed by atoms with Crippen LogP contribution in [0.2, 0.25) is 0 Å². The molecule has 5 nitrogen and oxygen atoms in total. The van der Waals surface area contributed by atoms with Crippen molar-refractivity contribution in [2.24, 2.45) is 0 Å². The quantitative estimate of drug-likeness (QED) is 0.752. The lowest BCUT2D eigenvalue weighted by atomic mass is 9.80. The second-order valence-electron chi connectivity index (χ2n) is 5.14. The highest BCUT2D eigenvalue weighted by Gasteiger charge is 2.34. The van der Waals surface area contributed by atoms with Crippen molar-refractivity contribution in [2.45, 2.75) is 38.0 Å². The van der Waals surface area contributed by atoms with Gasteiger partial charge in [0.2, 0.25) is 0 Å². The summed E-state index contributed by atoms with van der Waals surface area (Å²) in [4.78, 5) is 11.6. The van der Waals surface area contributed by atoms with Gasteiger partial charge in [-0.1, -0.05) is 12.1 Å². The van der Waals surface area contributed by atoms with E-state index >= 15 is 0 Å². The highest BCUT2D eigenvalue weighted by Crippen LogP contribution is 2.30. The number of urea groups is 1. The average Bonchev–Trinajstić information content (AvgIpc) is 2.40. The Hall–Kier alpha value is -1.89. The molecule has 1 aromatic rings. The first kappa shape index (κ1) is 15.5. The third-order valence-corrected chi connectivity index (χ3v) is 3.44. The van der Waals surface area contributed by atoms with Crippen molar-refractivity contribution in [3.8, 4) is 5.75 Å². The Morgan fingerprint density at radius 1 is 1.38 bits per heavy atom. The van der Waals surface area contributed by atoms with Gasteiger partial charge in [0.25, 0.3) is 0 Å². The number of hydrogen-bond acceptors (Lipinski definition) is 3. The van der Waals surface area contributed by atoms with Crippen LogP contribution in [0.25, 0.3) is 0 Å². The van der Waals surface area contributed by atoms with Crippen LogP contribution in [0.3, 0.4) is 0 Å². The molecule has 0 heterocycles. The van der Waals surface area contributed by atoms with Crippen LogP contribution >= 0.6 is 0 Å². The first-order chi connectivity index (χ1) is 9.97. The maximum Gasteiger partial charge on any atom is 0.387 e. The first-order valence-corrected chi connectivity index (χ1v) is 6.75. The van der Waals surface area contributed by atoms with E-state index in [2.05, 4.69) is 15.4 Å². The van der Waals surface area contributed by atoms with Crippen LogP contribution in [0.1, 0.15) is 24.8 Å². The van der Waals surface area contributed by atoms with E-state index in [0.717, 1.165) is 6.42 Å². The van der Waals surface area contributed by atoms with Crippen molar-refractivity contribution in [3.05, 3.63) is 29.8 Å². The van der Waals surface area contributed by atoms with Crippen LogP contribution < -0.4 is 15.4 Å². The van der Waals surface area contributed by atoms with E-state index in [-0.39, 0.29) is 18.8 Å². The summed E-state index contributed by atoms with van der Waals surface area (Å²) in [6, 6.07) is 5.71. The summed E-state index contributed by atoms with van der Waals surface area (Å²) in [5, 5.41) is 15.0. The Balaban J connectivity index is 1.75. The van der Waals surface area contributed by atoms with Crippen molar-refractivity contribution < 1.29 is 23.4 Å². The molecule has 2 rings (SSSR count). The zero-order valence-electron chi connectivity index (χ0n) is 11.4. The molecule has 0 bridgehead atoms. The van der Waals surface area contributed by atoms with Crippen LogP contribution in [0, 0.1) is 0 Å². The number of carbonyl (C=O) groups excluding carboxylic acids is 1. The Bertz CT molecular complexity index is 493. The molecule has 0 saturated heterocycles. The molecule has 3 N–H and O–H groups in total. The molecule has 1 aliphatic carbocycles. The standard InChI is InChI=1S/C14H18F2N2O3/c15-12(16)21-11-4-1-3-10(7-11)8-17-13(19)18-9-14(20)5-2-6-14/h1,3-4,7,12,20H,2,5-6,8-9H2,(H2,17,18,19). The molecule has 1 aromatic carbocycles. The van der Waals surface area contributed by atoms with Gasteiger partial charge in [-0.3, -0.25) is 0 Å². The van der Waals surface area contributed by atoms with Gasteiger partial charge in [-0.25, -0.2) is 4.79 Å². The Morgan fingerprint density at radius 3 is 2.76 bits per heavy atom. The smallest absolute Gasteiger partial charge is 0.387 e. The number of benzene rings is 1. The fraction of sp³-hybridized carbons (Fsp3) is 0.500. The Morgan fingerprint density at radius 2 is 2.14 bits per heavy atom. The number of rotatable bonds is 6. The van der Waals surface area contributed by atoms with E-state index in [1.54, 1.807) is 12.1 Å². The number of aliphatic hydroxyl groups is 1. The molecule has 0 aliphatic heterocycles. The number of nitrogens with one attached hydrogen (secondary N) is 2. The monoisotopic (exact) mass is 300 g/mol. The molecular formula is C14H18F2N2O3. The fourth-order valence-electron chi connectivity index (χ4n) is 2.08.